The summed E-state index contributed by atoms with van der Waals surface area (Å²) in [4.78, 5) is 15.3. The zero-order valence-corrected chi connectivity index (χ0v) is 13.3. The van der Waals surface area contributed by atoms with Crippen molar-refractivity contribution in [3.63, 3.8) is 0 Å². The van der Waals surface area contributed by atoms with E-state index in [1.807, 2.05) is 10.8 Å². The second kappa shape index (κ2) is 7.30. The van der Waals surface area contributed by atoms with E-state index in [4.69, 9.17) is 0 Å². The number of hydrogen-bond donors (Lipinski definition) is 1. The van der Waals surface area contributed by atoms with Gasteiger partial charge in [-0.05, 0) is 12.7 Å². The first-order valence-corrected chi connectivity index (χ1v) is 4.93. The maximum atomic E-state index is 11.4. The van der Waals surface area contributed by atoms with Gasteiger partial charge in [0.15, 0.2) is 5.91 Å². The van der Waals surface area contributed by atoms with Crippen LogP contribution in [0.3, 0.4) is 0 Å². The molecule has 2 aromatic rings. The molecule has 2 heterocycles. The van der Waals surface area contributed by atoms with Crippen LogP contribution in [0.15, 0.2) is 29.3 Å². The Morgan fingerprint density at radius 1 is 1.59 bits per heavy atom. The number of nitrogens with zero attached hydrogens (tertiary/aromatic N) is 3. The maximum absolute atomic E-state index is 11.4. The van der Waals surface area contributed by atoms with Gasteiger partial charge in [0.2, 0.25) is 0 Å². The SMILES string of the molecule is O=C(NCCCn1ccnc1)c1c[c-]on1.[U]. The van der Waals surface area contributed by atoms with Crippen LogP contribution in [-0.4, -0.2) is 27.2 Å². The number of amides is 1. The molecular formula is C10H11N4O2U-. The third-order valence-corrected chi connectivity index (χ3v) is 2.06. The normalized spacial score (nSPS) is 9.65. The smallest absolute Gasteiger partial charge is 0.190 e. The molecule has 17 heavy (non-hydrogen) atoms. The largest absolute Gasteiger partial charge is 0.480 e. The van der Waals surface area contributed by atoms with Gasteiger partial charge in [-0.25, -0.2) is 4.98 Å². The molecule has 0 saturated heterocycles. The van der Waals surface area contributed by atoms with Crippen LogP contribution in [0.4, 0.5) is 0 Å². The Labute approximate surface area is 122 Å². The summed E-state index contributed by atoms with van der Waals surface area (Å²) in [5.74, 6) is -0.240. The average Bonchev–Trinajstić information content (AvgIpc) is 2.96. The molecule has 0 bridgehead atoms. The minimum Gasteiger partial charge on any atom is -0.480 e. The van der Waals surface area contributed by atoms with Crippen LogP contribution < -0.4 is 5.32 Å². The number of rotatable bonds is 5. The number of carbonyl (C=O) groups is 1. The molecule has 0 atom stereocenters. The summed E-state index contributed by atoms with van der Waals surface area (Å²) >= 11 is 0. The summed E-state index contributed by atoms with van der Waals surface area (Å²) in [7, 11) is 0. The first-order chi connectivity index (χ1) is 7.86. The van der Waals surface area contributed by atoms with Gasteiger partial charge in [0.05, 0.1) is 6.33 Å². The predicted octanol–water partition coefficient (Wildman–Crippen LogP) is 0.491. The van der Waals surface area contributed by atoms with E-state index < -0.39 is 0 Å². The van der Waals surface area contributed by atoms with Gasteiger partial charge >= 0.3 is 0 Å². The molecule has 7 heteroatoms. The van der Waals surface area contributed by atoms with Gasteiger partial charge < -0.3 is 14.4 Å². The summed E-state index contributed by atoms with van der Waals surface area (Å²) in [5, 5.41) is 6.22. The Morgan fingerprint density at radius 2 is 2.47 bits per heavy atom. The Balaban J connectivity index is 0.00000144. The van der Waals surface area contributed by atoms with Crippen molar-refractivity contribution >= 4 is 5.91 Å². The molecule has 0 aliphatic rings. The molecule has 0 unspecified atom stereocenters. The van der Waals surface area contributed by atoms with Gasteiger partial charge in [-0.15, -0.1) is 0 Å². The molecule has 6 nitrogen and oxygen atoms in total. The van der Waals surface area contributed by atoms with E-state index in [1.165, 1.54) is 6.07 Å². The molecule has 0 saturated carbocycles. The molecular weight excluding hydrogens is 446 g/mol. The Hall–Kier alpha value is -1.06. The standard InChI is InChI=1S/C10H11N4O2.U/c15-10(9-2-7-16-13-9)12-3-1-5-14-6-4-11-8-14;/h2,4,6,8H,1,3,5H2,(H,12,15);/q-1;. The topological polar surface area (TPSA) is 73.0 Å². The van der Waals surface area contributed by atoms with Gasteiger partial charge in [0.1, 0.15) is 0 Å². The number of imidazole rings is 1. The number of aromatic nitrogens is 3. The monoisotopic (exact) mass is 457 g/mol. The van der Waals surface area contributed by atoms with E-state index >= 15 is 0 Å². The quantitative estimate of drug-likeness (QED) is 0.524. The first-order valence-electron chi connectivity index (χ1n) is 4.93. The van der Waals surface area contributed by atoms with E-state index in [-0.39, 0.29) is 42.7 Å². The second-order valence-electron chi connectivity index (χ2n) is 3.24. The molecule has 2 aromatic heterocycles. The Bertz CT molecular complexity index is 427. The van der Waals surface area contributed by atoms with Gasteiger partial charge in [0.25, 0.3) is 0 Å². The van der Waals surface area contributed by atoms with Gasteiger partial charge in [-0.1, -0.05) is 0 Å². The molecule has 0 aliphatic carbocycles. The van der Waals surface area contributed by atoms with E-state index in [0.717, 1.165) is 13.0 Å². The Morgan fingerprint density at radius 3 is 3.12 bits per heavy atom. The minimum atomic E-state index is -0.240. The summed E-state index contributed by atoms with van der Waals surface area (Å²) in [5.41, 5.74) is 0.252. The number of nitrogens with one attached hydrogen (secondary N) is 1. The van der Waals surface area contributed by atoms with Crippen LogP contribution in [0.1, 0.15) is 16.9 Å². The van der Waals surface area contributed by atoms with Crippen molar-refractivity contribution in [1.82, 2.24) is 20.0 Å². The zero-order chi connectivity index (χ0) is 11.2. The van der Waals surface area contributed by atoms with E-state index in [0.29, 0.717) is 6.54 Å². The molecule has 0 aromatic carbocycles. The number of aryl methyl sites for hydroxylation is 1. The van der Waals surface area contributed by atoms with Crippen LogP contribution in [0, 0.1) is 37.4 Å². The fraction of sp³-hybridized carbons (Fsp3) is 0.300. The van der Waals surface area contributed by atoms with Crippen LogP contribution in [0.2, 0.25) is 0 Å². The summed E-state index contributed by atoms with van der Waals surface area (Å²) in [6.07, 6.45) is 8.55. The summed E-state index contributed by atoms with van der Waals surface area (Å²) in [6, 6.07) is 1.41. The maximum Gasteiger partial charge on any atom is 0.190 e. The van der Waals surface area contributed by atoms with E-state index in [2.05, 4.69) is 26.2 Å². The molecule has 1 N–H and O–H groups in total. The van der Waals surface area contributed by atoms with Crippen molar-refractivity contribution in [2.24, 2.45) is 0 Å². The van der Waals surface area contributed by atoms with Gasteiger partial charge in [-0.2, -0.15) is 11.2 Å². The third-order valence-electron chi connectivity index (χ3n) is 2.06. The molecule has 1 amide bonds. The molecule has 2 rings (SSSR count). The molecule has 0 aliphatic heterocycles. The summed E-state index contributed by atoms with van der Waals surface area (Å²) < 4.78 is 6.41. The van der Waals surface area contributed by atoms with Crippen LogP contribution in [0.5, 0.6) is 0 Å². The van der Waals surface area contributed by atoms with E-state index in [9.17, 15) is 4.79 Å². The van der Waals surface area contributed by atoms with Crippen LogP contribution >= 0.6 is 0 Å². The van der Waals surface area contributed by atoms with Crippen molar-refractivity contribution < 1.29 is 40.4 Å². The first kappa shape index (κ1) is 14.0. The van der Waals surface area contributed by atoms with Crippen molar-refractivity contribution in [3.05, 3.63) is 36.7 Å². The zero-order valence-electron chi connectivity index (χ0n) is 9.09. The number of hydrogen-bond acceptors (Lipinski definition) is 4. The predicted molar refractivity (Wildman–Crippen MR) is 54.5 cm³/mol. The van der Waals surface area contributed by atoms with Crippen molar-refractivity contribution in [2.45, 2.75) is 13.0 Å². The second-order valence-corrected chi connectivity index (χ2v) is 3.24. The minimum absolute atomic E-state index is 0. The average molecular weight is 457 g/mol. The van der Waals surface area contributed by atoms with Crippen molar-refractivity contribution in [3.8, 4) is 0 Å². The van der Waals surface area contributed by atoms with Crippen LogP contribution in [0.25, 0.3) is 0 Å². The van der Waals surface area contributed by atoms with Gasteiger partial charge in [0, 0.05) is 62.3 Å². The van der Waals surface area contributed by atoms with Crippen molar-refractivity contribution in [1.29, 1.82) is 0 Å². The summed E-state index contributed by atoms with van der Waals surface area (Å²) in [6.45, 7) is 1.41. The number of carbonyl (C=O) groups excluding carboxylic acids is 1. The van der Waals surface area contributed by atoms with Gasteiger partial charge in [-0.3, -0.25) is 4.79 Å². The van der Waals surface area contributed by atoms with E-state index in [1.54, 1.807) is 12.5 Å². The fourth-order valence-electron chi connectivity index (χ4n) is 1.26. The fourth-order valence-corrected chi connectivity index (χ4v) is 1.26. The third kappa shape index (κ3) is 4.37. The van der Waals surface area contributed by atoms with Crippen LogP contribution in [-0.2, 0) is 6.54 Å². The molecule has 0 radical (unpaired) electrons. The Kier molecular flexibility index (Phi) is 6.02. The molecule has 0 fully saturated rings. The molecule has 0 spiro atoms. The molecule has 88 valence electrons. The van der Waals surface area contributed by atoms with Crippen molar-refractivity contribution in [2.75, 3.05) is 6.54 Å².